The number of aromatic nitrogens is 1. The molecule has 10 heteroatoms. The Kier molecular flexibility index (Phi) is 6.18. The van der Waals surface area contributed by atoms with Gasteiger partial charge in [0.15, 0.2) is 0 Å². The lowest BCUT2D eigenvalue weighted by molar-refractivity contribution is -0.133. The molecule has 5 rings (SSSR count). The molecule has 36 heavy (non-hydrogen) atoms. The Morgan fingerprint density at radius 2 is 2.03 bits per heavy atom. The van der Waals surface area contributed by atoms with Crippen molar-refractivity contribution >= 4 is 34.4 Å². The first-order valence-corrected chi connectivity index (χ1v) is 12.2. The van der Waals surface area contributed by atoms with E-state index in [-0.39, 0.29) is 36.3 Å². The molecule has 3 N–H and O–H groups in total. The van der Waals surface area contributed by atoms with E-state index in [4.69, 9.17) is 11.6 Å². The van der Waals surface area contributed by atoms with Gasteiger partial charge < -0.3 is 25.0 Å². The molecule has 8 nitrogen and oxygen atoms in total. The number of benzene rings is 2. The van der Waals surface area contributed by atoms with Crippen LogP contribution in [0.5, 0.6) is 5.75 Å². The average molecular weight is 515 g/mol. The van der Waals surface area contributed by atoms with Crippen LogP contribution in [0.2, 0.25) is 5.02 Å². The SMILES string of the molecule is CN(CCO)CCN1C(=O)N2C(Cc3cccc(O)c3)c3[nH]c4cc(F)c(Cl)cc4c3C[C@@]2(C)C1=O. The second-order valence-corrected chi connectivity index (χ2v) is 10.2. The summed E-state index contributed by atoms with van der Waals surface area (Å²) >= 11 is 6.11. The van der Waals surface area contributed by atoms with E-state index >= 15 is 0 Å². The lowest BCUT2D eigenvalue weighted by Crippen LogP contribution is -2.53. The first-order valence-electron chi connectivity index (χ1n) is 11.9. The number of carbonyl (C=O) groups is 2. The number of carbonyl (C=O) groups excluding carboxylic acids is 2. The van der Waals surface area contributed by atoms with Gasteiger partial charge in [-0.3, -0.25) is 9.69 Å². The zero-order valence-corrected chi connectivity index (χ0v) is 20.8. The van der Waals surface area contributed by atoms with Gasteiger partial charge in [-0.1, -0.05) is 23.7 Å². The van der Waals surface area contributed by atoms with Crippen molar-refractivity contribution in [3.05, 3.63) is 64.1 Å². The van der Waals surface area contributed by atoms with Gasteiger partial charge >= 0.3 is 6.03 Å². The minimum absolute atomic E-state index is 0.0104. The lowest BCUT2D eigenvalue weighted by atomic mass is 9.81. The molecule has 1 unspecified atom stereocenters. The van der Waals surface area contributed by atoms with Crippen LogP contribution in [0.4, 0.5) is 9.18 Å². The largest absolute Gasteiger partial charge is 0.508 e. The van der Waals surface area contributed by atoms with E-state index in [0.29, 0.717) is 25.0 Å². The summed E-state index contributed by atoms with van der Waals surface area (Å²) in [4.78, 5) is 35.5. The topological polar surface area (TPSA) is 100 Å². The summed E-state index contributed by atoms with van der Waals surface area (Å²) in [6.45, 7) is 2.82. The van der Waals surface area contributed by atoms with Crippen molar-refractivity contribution in [2.24, 2.45) is 0 Å². The van der Waals surface area contributed by atoms with Crippen LogP contribution in [0.15, 0.2) is 36.4 Å². The van der Waals surface area contributed by atoms with Crippen molar-refractivity contribution < 1.29 is 24.2 Å². The minimum atomic E-state index is -1.14. The van der Waals surface area contributed by atoms with Gasteiger partial charge in [-0.2, -0.15) is 0 Å². The molecule has 1 saturated heterocycles. The zero-order chi connectivity index (χ0) is 25.8. The Balaban J connectivity index is 1.60. The molecule has 0 bridgehead atoms. The number of urea groups is 1. The third kappa shape index (κ3) is 3.91. The standard InChI is InChI=1S/C26H28ClFN4O4/c1-26-14-18-17-12-19(27)20(28)13-21(17)29-23(18)22(11-15-4-3-5-16(34)10-15)32(26)25(36)31(24(26)35)7-6-30(2)8-9-33/h3-5,10,12-13,22,29,33-34H,6-9,11,14H2,1-2H3/t22?,26-/m0/s1. The number of amides is 3. The normalized spacial score (nSPS) is 21.6. The van der Waals surface area contributed by atoms with Crippen molar-refractivity contribution in [1.82, 2.24) is 19.7 Å². The molecule has 2 aliphatic heterocycles. The molecule has 0 saturated carbocycles. The van der Waals surface area contributed by atoms with Crippen LogP contribution in [0.3, 0.4) is 0 Å². The fourth-order valence-corrected chi connectivity index (χ4v) is 5.69. The van der Waals surface area contributed by atoms with E-state index in [2.05, 4.69) is 4.98 Å². The summed E-state index contributed by atoms with van der Waals surface area (Å²) in [5.74, 6) is -0.738. The van der Waals surface area contributed by atoms with Crippen LogP contribution in [-0.4, -0.2) is 80.7 Å². The number of fused-ring (bicyclic) bond motifs is 4. The predicted molar refractivity (Wildman–Crippen MR) is 133 cm³/mol. The molecule has 1 aromatic heterocycles. The summed E-state index contributed by atoms with van der Waals surface area (Å²) in [6.07, 6.45) is 0.603. The number of hydrogen-bond donors (Lipinski definition) is 3. The van der Waals surface area contributed by atoms with Crippen LogP contribution in [0.1, 0.15) is 29.8 Å². The van der Waals surface area contributed by atoms with Crippen LogP contribution in [0.25, 0.3) is 10.9 Å². The van der Waals surface area contributed by atoms with E-state index in [9.17, 15) is 24.2 Å². The summed E-state index contributed by atoms with van der Waals surface area (Å²) in [7, 11) is 1.82. The Morgan fingerprint density at radius 3 is 2.75 bits per heavy atom. The van der Waals surface area contributed by atoms with Crippen LogP contribution in [0, 0.1) is 5.82 Å². The van der Waals surface area contributed by atoms with E-state index in [1.165, 1.54) is 11.0 Å². The Hall–Kier alpha value is -3.14. The molecule has 190 valence electrons. The van der Waals surface area contributed by atoms with Crippen LogP contribution >= 0.6 is 11.6 Å². The van der Waals surface area contributed by atoms with Gasteiger partial charge in [-0.05, 0) is 55.8 Å². The number of aromatic amines is 1. The number of nitrogens with one attached hydrogen (secondary N) is 1. The van der Waals surface area contributed by atoms with Crippen LogP contribution < -0.4 is 0 Å². The fourth-order valence-electron chi connectivity index (χ4n) is 5.52. The van der Waals surface area contributed by atoms with Crippen molar-refractivity contribution in [3.8, 4) is 5.75 Å². The predicted octanol–water partition coefficient (Wildman–Crippen LogP) is 3.45. The molecule has 0 spiro atoms. The van der Waals surface area contributed by atoms with E-state index in [1.54, 1.807) is 36.1 Å². The van der Waals surface area contributed by atoms with Gasteiger partial charge in [0.05, 0.1) is 17.7 Å². The fraction of sp³-hybridized carbons (Fsp3) is 0.385. The van der Waals surface area contributed by atoms with Gasteiger partial charge in [0.1, 0.15) is 17.1 Å². The van der Waals surface area contributed by atoms with Crippen molar-refractivity contribution in [2.45, 2.75) is 31.3 Å². The maximum absolute atomic E-state index is 14.3. The Labute approximate surface area is 212 Å². The molecule has 2 aliphatic rings. The number of aliphatic hydroxyl groups excluding tert-OH is 1. The third-order valence-electron chi connectivity index (χ3n) is 7.35. The number of nitrogens with zero attached hydrogens (tertiary/aromatic N) is 3. The summed E-state index contributed by atoms with van der Waals surface area (Å²) in [5, 5.41) is 19.9. The number of aromatic hydroxyl groups is 1. The highest BCUT2D eigenvalue weighted by molar-refractivity contribution is 6.31. The minimum Gasteiger partial charge on any atom is -0.508 e. The number of phenols is 1. The smallest absolute Gasteiger partial charge is 0.328 e. The number of H-pyrrole nitrogens is 1. The number of phenolic OH excluding ortho intramolecular Hbond substituents is 1. The van der Waals surface area contributed by atoms with Gasteiger partial charge in [0, 0.05) is 42.7 Å². The van der Waals surface area contributed by atoms with Crippen LogP contribution in [-0.2, 0) is 17.6 Å². The van der Waals surface area contributed by atoms with Gasteiger partial charge in [-0.15, -0.1) is 0 Å². The van der Waals surface area contributed by atoms with E-state index in [0.717, 1.165) is 22.2 Å². The highest BCUT2D eigenvalue weighted by Crippen LogP contribution is 2.47. The monoisotopic (exact) mass is 514 g/mol. The van der Waals surface area contributed by atoms with E-state index < -0.39 is 23.4 Å². The maximum atomic E-state index is 14.3. The molecule has 0 radical (unpaired) electrons. The molecular formula is C26H28ClFN4O4. The first kappa shape index (κ1) is 24.5. The summed E-state index contributed by atoms with van der Waals surface area (Å²) in [6, 6.07) is 8.75. The van der Waals surface area contributed by atoms with Crippen molar-refractivity contribution in [1.29, 1.82) is 0 Å². The quantitative estimate of drug-likeness (QED) is 0.419. The Morgan fingerprint density at radius 1 is 1.25 bits per heavy atom. The number of imide groups is 1. The number of aliphatic hydroxyl groups is 1. The number of likely N-dealkylation sites (N-methyl/N-ethyl adjacent to an activating group) is 1. The summed E-state index contributed by atoms with van der Waals surface area (Å²) < 4.78 is 14.3. The maximum Gasteiger partial charge on any atom is 0.328 e. The molecule has 2 atom stereocenters. The molecule has 3 amide bonds. The number of hydrogen-bond acceptors (Lipinski definition) is 5. The highest BCUT2D eigenvalue weighted by Gasteiger charge is 2.59. The second-order valence-electron chi connectivity index (χ2n) is 9.81. The highest BCUT2D eigenvalue weighted by atomic mass is 35.5. The number of rotatable bonds is 7. The lowest BCUT2D eigenvalue weighted by Gasteiger charge is -2.42. The van der Waals surface area contributed by atoms with Crippen molar-refractivity contribution in [3.63, 3.8) is 0 Å². The molecule has 1 fully saturated rings. The van der Waals surface area contributed by atoms with Gasteiger partial charge in [0.25, 0.3) is 5.91 Å². The van der Waals surface area contributed by atoms with Gasteiger partial charge in [0.2, 0.25) is 0 Å². The first-order chi connectivity index (χ1) is 17.1. The van der Waals surface area contributed by atoms with Gasteiger partial charge in [-0.25, -0.2) is 9.18 Å². The molecular weight excluding hydrogens is 487 g/mol. The molecule has 3 aromatic rings. The van der Waals surface area contributed by atoms with E-state index in [1.807, 2.05) is 18.0 Å². The third-order valence-corrected chi connectivity index (χ3v) is 7.64. The Bertz CT molecular complexity index is 1360. The zero-order valence-electron chi connectivity index (χ0n) is 20.1. The molecule has 3 heterocycles. The summed E-state index contributed by atoms with van der Waals surface area (Å²) in [5.41, 5.74) is 1.76. The number of halogens is 2. The molecule has 0 aliphatic carbocycles. The molecule has 2 aromatic carbocycles. The second kappa shape index (κ2) is 9.06. The van der Waals surface area contributed by atoms with Crippen molar-refractivity contribution in [2.75, 3.05) is 33.3 Å². The average Bonchev–Trinajstić information content (AvgIpc) is 3.24.